The number of esters is 1. The molecular weight excluding hydrogens is 461 g/mol. The fraction of sp³-hybridized carbons (Fsp3) is 0.429. The maximum absolute atomic E-state index is 12.9. The number of carbonyl (C=O) groups is 1. The lowest BCUT2D eigenvalue weighted by Gasteiger charge is -2.42. The van der Waals surface area contributed by atoms with Crippen molar-refractivity contribution >= 4 is 68.5 Å². The molecule has 0 fully saturated rings. The van der Waals surface area contributed by atoms with E-state index in [1.807, 2.05) is 0 Å². The Bertz CT molecular complexity index is 1000. The Morgan fingerprint density at radius 1 is 1.27 bits per heavy atom. The molecule has 0 atom stereocenters. The van der Waals surface area contributed by atoms with Gasteiger partial charge in [-0.3, -0.25) is 0 Å². The number of nitrogens with one attached hydrogen (secondary N) is 3. The van der Waals surface area contributed by atoms with E-state index in [1.54, 1.807) is 25.1 Å². The van der Waals surface area contributed by atoms with Crippen LogP contribution >= 0.6 is 46.8 Å². The topological polar surface area (TPSA) is 62.4 Å². The lowest BCUT2D eigenvalue weighted by atomic mass is 9.81. The molecule has 0 saturated carbocycles. The van der Waals surface area contributed by atoms with Crippen LogP contribution in [-0.4, -0.2) is 23.2 Å². The minimum atomic E-state index is -0.349. The van der Waals surface area contributed by atoms with Gasteiger partial charge in [-0.1, -0.05) is 23.2 Å². The summed E-state index contributed by atoms with van der Waals surface area (Å²) in [5.74, 6) is -0.349. The molecule has 0 aliphatic carbocycles. The fourth-order valence-electron chi connectivity index (χ4n) is 3.88. The second-order valence-corrected chi connectivity index (χ2v) is 10.6. The van der Waals surface area contributed by atoms with E-state index in [0.717, 1.165) is 10.4 Å². The van der Waals surface area contributed by atoms with Crippen molar-refractivity contribution in [3.05, 3.63) is 44.2 Å². The number of benzene rings is 1. The number of hydrogen-bond donors (Lipinski definition) is 3. The van der Waals surface area contributed by atoms with E-state index < -0.39 is 0 Å². The van der Waals surface area contributed by atoms with Gasteiger partial charge in [-0.25, -0.2) is 4.79 Å². The molecule has 0 amide bonds. The molecule has 1 aromatic carbocycles. The van der Waals surface area contributed by atoms with Crippen LogP contribution in [0.25, 0.3) is 0 Å². The summed E-state index contributed by atoms with van der Waals surface area (Å²) in [5.41, 5.74) is 1.72. The number of rotatable bonds is 4. The van der Waals surface area contributed by atoms with Gasteiger partial charge < -0.3 is 20.7 Å². The average molecular weight is 486 g/mol. The smallest absolute Gasteiger partial charge is 0.341 e. The Kier molecular flexibility index (Phi) is 6.70. The Balaban J connectivity index is 1.97. The van der Waals surface area contributed by atoms with Gasteiger partial charge in [0, 0.05) is 21.0 Å². The molecule has 0 radical (unpaired) electrons. The van der Waals surface area contributed by atoms with Crippen LogP contribution in [0.4, 0.5) is 10.7 Å². The maximum Gasteiger partial charge on any atom is 0.341 e. The normalized spacial score (nSPS) is 16.5. The van der Waals surface area contributed by atoms with Crippen molar-refractivity contribution in [1.29, 1.82) is 0 Å². The summed E-state index contributed by atoms with van der Waals surface area (Å²) in [6.07, 6.45) is 0.710. The molecule has 3 N–H and O–H groups in total. The predicted octanol–water partition coefficient (Wildman–Crippen LogP) is 6.20. The van der Waals surface area contributed by atoms with Crippen molar-refractivity contribution in [1.82, 2.24) is 5.32 Å². The second kappa shape index (κ2) is 8.63. The highest BCUT2D eigenvalue weighted by atomic mass is 35.5. The van der Waals surface area contributed by atoms with E-state index in [4.69, 9.17) is 40.2 Å². The number of fused-ring (bicyclic) bond motifs is 1. The zero-order chi connectivity index (χ0) is 22.3. The fourth-order valence-corrected chi connectivity index (χ4v) is 5.88. The predicted molar refractivity (Wildman–Crippen MR) is 131 cm³/mol. The van der Waals surface area contributed by atoms with Gasteiger partial charge in [0.1, 0.15) is 5.00 Å². The zero-order valence-electron chi connectivity index (χ0n) is 17.5. The Morgan fingerprint density at radius 2 is 1.97 bits per heavy atom. The molecule has 1 aliphatic rings. The molecule has 9 heteroatoms. The second-order valence-electron chi connectivity index (χ2n) is 8.35. The van der Waals surface area contributed by atoms with E-state index in [9.17, 15) is 4.79 Å². The highest BCUT2D eigenvalue weighted by molar-refractivity contribution is 7.80. The van der Waals surface area contributed by atoms with Crippen LogP contribution in [0.15, 0.2) is 18.2 Å². The monoisotopic (exact) mass is 485 g/mol. The van der Waals surface area contributed by atoms with Crippen molar-refractivity contribution in [3.8, 4) is 0 Å². The van der Waals surface area contributed by atoms with Gasteiger partial charge in [0.2, 0.25) is 0 Å². The van der Waals surface area contributed by atoms with Crippen molar-refractivity contribution in [2.75, 3.05) is 17.2 Å². The van der Waals surface area contributed by atoms with Crippen LogP contribution < -0.4 is 16.0 Å². The minimum absolute atomic E-state index is 0.161. The van der Waals surface area contributed by atoms with E-state index >= 15 is 0 Å². The summed E-state index contributed by atoms with van der Waals surface area (Å²) < 4.78 is 5.37. The van der Waals surface area contributed by atoms with Gasteiger partial charge in [0.25, 0.3) is 0 Å². The molecule has 1 aromatic heterocycles. The van der Waals surface area contributed by atoms with Crippen LogP contribution in [0.1, 0.15) is 55.4 Å². The van der Waals surface area contributed by atoms with Gasteiger partial charge in [-0.2, -0.15) is 0 Å². The molecule has 0 bridgehead atoms. The molecule has 30 heavy (non-hydrogen) atoms. The summed E-state index contributed by atoms with van der Waals surface area (Å²) >= 11 is 19.2. The van der Waals surface area contributed by atoms with Gasteiger partial charge >= 0.3 is 5.97 Å². The van der Waals surface area contributed by atoms with Crippen LogP contribution in [0.3, 0.4) is 0 Å². The molecule has 1 aliphatic heterocycles. The SMILES string of the molecule is CCOC(=O)c1c(NC(=S)Nc2ccc(Cl)cc2Cl)sc2c1CC(C)(C)NC2(C)C. The lowest BCUT2D eigenvalue weighted by molar-refractivity contribution is 0.0526. The van der Waals surface area contributed by atoms with Crippen LogP contribution in [-0.2, 0) is 16.7 Å². The quantitative estimate of drug-likeness (QED) is 0.353. The van der Waals surface area contributed by atoms with Gasteiger partial charge in [0.15, 0.2) is 5.11 Å². The summed E-state index contributed by atoms with van der Waals surface area (Å²) in [7, 11) is 0. The lowest BCUT2D eigenvalue weighted by Crippen LogP contribution is -2.55. The maximum atomic E-state index is 12.9. The third-order valence-corrected chi connectivity index (χ3v) is 6.95. The van der Waals surface area contributed by atoms with Gasteiger partial charge in [-0.05, 0) is 77.0 Å². The first kappa shape index (κ1) is 23.3. The first-order chi connectivity index (χ1) is 13.9. The molecule has 5 nitrogen and oxygen atoms in total. The van der Waals surface area contributed by atoms with Crippen molar-refractivity contribution < 1.29 is 9.53 Å². The molecular formula is C21H25Cl2N3O2S2. The molecule has 3 rings (SSSR count). The Morgan fingerprint density at radius 3 is 2.60 bits per heavy atom. The van der Waals surface area contributed by atoms with Gasteiger partial charge in [-0.15, -0.1) is 11.3 Å². The number of thiophene rings is 1. The third-order valence-electron chi connectivity index (χ3n) is 4.73. The van der Waals surface area contributed by atoms with Crippen molar-refractivity contribution in [2.45, 2.75) is 52.1 Å². The number of hydrogen-bond acceptors (Lipinski definition) is 5. The number of ether oxygens (including phenoxy) is 1. The Labute approximate surface area is 196 Å². The number of thiocarbonyl (C=S) groups is 1. The first-order valence-corrected chi connectivity index (χ1v) is 11.6. The standard InChI is InChI=1S/C21H25Cl2N3O2S2/c1-6-28-18(27)15-12-10-20(2,3)26-21(4,5)16(12)30-17(15)25-19(29)24-14-8-7-11(22)9-13(14)23/h7-9,26H,6,10H2,1-5H3,(H2,24,25,29). The summed E-state index contributed by atoms with van der Waals surface area (Å²) in [5, 5.41) is 11.9. The zero-order valence-corrected chi connectivity index (χ0v) is 20.7. The minimum Gasteiger partial charge on any atom is -0.462 e. The molecule has 2 aromatic rings. The highest BCUT2D eigenvalue weighted by Gasteiger charge is 2.42. The number of carbonyl (C=O) groups excluding carboxylic acids is 1. The molecule has 0 spiro atoms. The van der Waals surface area contributed by atoms with E-state index in [2.05, 4.69) is 43.6 Å². The third kappa shape index (κ3) is 4.92. The van der Waals surface area contributed by atoms with Gasteiger partial charge in [0.05, 0.1) is 22.9 Å². The van der Waals surface area contributed by atoms with Crippen molar-refractivity contribution in [3.63, 3.8) is 0 Å². The molecule has 2 heterocycles. The van der Waals surface area contributed by atoms with Crippen LogP contribution in [0.2, 0.25) is 10.0 Å². The summed E-state index contributed by atoms with van der Waals surface area (Å²) in [6.45, 7) is 10.6. The molecule has 162 valence electrons. The summed E-state index contributed by atoms with van der Waals surface area (Å²) in [6, 6.07) is 5.11. The number of anilines is 2. The largest absolute Gasteiger partial charge is 0.462 e. The Hall–Kier alpha value is -1.38. The first-order valence-electron chi connectivity index (χ1n) is 9.59. The van der Waals surface area contributed by atoms with E-state index in [0.29, 0.717) is 44.4 Å². The average Bonchev–Trinajstić information content (AvgIpc) is 2.94. The van der Waals surface area contributed by atoms with E-state index in [1.165, 1.54) is 11.3 Å². The summed E-state index contributed by atoms with van der Waals surface area (Å²) in [4.78, 5) is 14.0. The van der Waals surface area contributed by atoms with E-state index in [-0.39, 0.29) is 17.0 Å². The highest BCUT2D eigenvalue weighted by Crippen LogP contribution is 2.45. The molecule has 0 unspecified atom stereocenters. The van der Waals surface area contributed by atoms with Crippen LogP contribution in [0, 0.1) is 0 Å². The number of halogens is 2. The van der Waals surface area contributed by atoms with Crippen LogP contribution in [0.5, 0.6) is 0 Å². The molecule has 0 saturated heterocycles. The van der Waals surface area contributed by atoms with Crippen molar-refractivity contribution in [2.24, 2.45) is 0 Å².